The summed E-state index contributed by atoms with van der Waals surface area (Å²) in [4.78, 5) is 53.6. The lowest BCUT2D eigenvalue weighted by molar-refractivity contribution is -0.151. The van der Waals surface area contributed by atoms with E-state index < -0.39 is 25.3 Å². The van der Waals surface area contributed by atoms with E-state index in [1.165, 1.54) is 5.19 Å². The minimum Gasteiger partial charge on any atom is -0.497 e. The lowest BCUT2D eigenvalue weighted by Gasteiger charge is -2.39. The van der Waals surface area contributed by atoms with Crippen molar-refractivity contribution < 1.29 is 29.0 Å². The number of amides is 3. The Balaban J connectivity index is 1.09. The van der Waals surface area contributed by atoms with Gasteiger partial charge in [0.05, 0.1) is 59.3 Å². The number of aliphatic hydroxyl groups is 1. The van der Waals surface area contributed by atoms with Gasteiger partial charge in [0.25, 0.3) is 11.8 Å². The molecule has 2 spiro atoms. The molecule has 0 radical (unpaired) electrons. The van der Waals surface area contributed by atoms with E-state index in [0.717, 1.165) is 58.2 Å². The minimum atomic E-state index is -2.62. The molecule has 0 aliphatic carbocycles. The summed E-state index contributed by atoms with van der Waals surface area (Å²) in [5.74, 6) is 0.185. The summed E-state index contributed by atoms with van der Waals surface area (Å²) in [6.07, 6.45) is 1.35. The van der Waals surface area contributed by atoms with Crippen LogP contribution in [0, 0.1) is 5.92 Å². The van der Waals surface area contributed by atoms with Crippen LogP contribution in [0.15, 0.2) is 127 Å². The van der Waals surface area contributed by atoms with Crippen LogP contribution in [0.25, 0.3) is 0 Å². The molecule has 2 N–H and O–H groups in total. The van der Waals surface area contributed by atoms with Crippen molar-refractivity contribution in [3.63, 3.8) is 0 Å². The summed E-state index contributed by atoms with van der Waals surface area (Å²) in [6, 6.07) is 42.2. The van der Waals surface area contributed by atoms with Crippen LogP contribution in [0.1, 0.15) is 48.4 Å². The van der Waals surface area contributed by atoms with Gasteiger partial charge in [-0.25, -0.2) is 0 Å². The van der Waals surface area contributed by atoms with Crippen molar-refractivity contribution >= 4 is 48.0 Å². The summed E-state index contributed by atoms with van der Waals surface area (Å²) in [5.41, 5.74) is 4.05. The number of benzene rings is 5. The lowest BCUT2D eigenvalue weighted by atomic mass is 9.82. The Morgan fingerprint density at radius 3 is 2.22 bits per heavy atom. The van der Waals surface area contributed by atoms with Crippen molar-refractivity contribution in [3.05, 3.63) is 150 Å². The molecule has 0 bridgehead atoms. The molecule has 65 heavy (non-hydrogen) atoms. The predicted molar refractivity (Wildman–Crippen MR) is 256 cm³/mol. The number of para-hydroxylation sites is 1. The molecule has 5 aromatic rings. The molecule has 3 saturated heterocycles. The van der Waals surface area contributed by atoms with Gasteiger partial charge in [-0.15, -0.1) is 0 Å². The number of hydrogen-bond acceptors (Lipinski definition) is 8. The number of hydrogen-bond donors (Lipinski definition) is 2. The van der Waals surface area contributed by atoms with Gasteiger partial charge >= 0.3 is 0 Å². The number of aliphatic hydroxyl groups excluding tert-OH is 1. The van der Waals surface area contributed by atoms with E-state index in [0.29, 0.717) is 39.0 Å². The van der Waals surface area contributed by atoms with Crippen molar-refractivity contribution in [2.75, 3.05) is 48.2 Å². The zero-order chi connectivity index (χ0) is 45.1. The average Bonchev–Trinajstić information content (AvgIpc) is 3.88. The van der Waals surface area contributed by atoms with Crippen LogP contribution >= 0.6 is 0 Å². The first kappa shape index (κ1) is 43.1. The second-order valence-corrected chi connectivity index (χ2v) is 23.9. The molecule has 5 aliphatic rings. The van der Waals surface area contributed by atoms with E-state index in [2.05, 4.69) is 66.6 Å². The van der Waals surface area contributed by atoms with Crippen LogP contribution in [0.3, 0.4) is 0 Å². The molecule has 0 saturated carbocycles. The van der Waals surface area contributed by atoms with Crippen LogP contribution < -0.4 is 29.9 Å². The number of carbonyl (C=O) groups excluding carboxylic acids is 3. The van der Waals surface area contributed by atoms with Crippen molar-refractivity contribution in [2.45, 2.75) is 87.6 Å². The maximum Gasteiger partial charge on any atom is 0.264 e. The van der Waals surface area contributed by atoms with E-state index in [1.807, 2.05) is 106 Å². The third kappa shape index (κ3) is 7.08. The predicted octanol–water partition coefficient (Wildman–Crippen LogP) is 6.73. The van der Waals surface area contributed by atoms with Gasteiger partial charge in [0.2, 0.25) is 5.91 Å². The summed E-state index contributed by atoms with van der Waals surface area (Å²) in [6.45, 7) is 9.21. The first-order valence-electron chi connectivity index (χ1n) is 23.2. The number of anilines is 3. The summed E-state index contributed by atoms with van der Waals surface area (Å²) < 4.78 is 13.1. The molecule has 11 nitrogen and oxygen atoms in total. The van der Waals surface area contributed by atoms with Gasteiger partial charge < -0.3 is 34.6 Å². The van der Waals surface area contributed by atoms with Gasteiger partial charge in [-0.2, -0.15) is 0 Å². The van der Waals surface area contributed by atoms with E-state index in [9.17, 15) is 9.90 Å². The molecule has 0 unspecified atom stereocenters. The third-order valence-corrected chi connectivity index (χ3v) is 19.9. The first-order chi connectivity index (χ1) is 31.5. The maximum atomic E-state index is 15.8. The molecular formula is C53H59N5O6Si. The Morgan fingerprint density at radius 2 is 1.52 bits per heavy atom. The lowest BCUT2D eigenvalue weighted by Crippen LogP contribution is -2.55. The van der Waals surface area contributed by atoms with Crippen LogP contribution in [-0.4, -0.2) is 87.0 Å². The maximum absolute atomic E-state index is 15.8. The van der Waals surface area contributed by atoms with E-state index in [1.54, 1.807) is 7.11 Å². The highest BCUT2D eigenvalue weighted by Gasteiger charge is 2.67. The standard InChI is InChI=1S/C53H59N5O6Si/c1-36-49(65(3,4)44-22-20-43(63-2)21-23-44)47(31-48(60)55-33-39-16-12-11-15-38(39)29-42(55)34-59)64-53(36)45-30-41(19-24-46(45)56(51(53)62)32-37-13-7-5-8-14-37)57-35-58(40-17-9-6-10-18-40)52(50(57)61)25-27-54-28-26-52/h5-24,30,36,42,47,49,54,59H,25-29,31-35H2,1-4H3/t36-,42+,47+,49-,53+/m1/s1. The topological polar surface area (TPSA) is 115 Å². The first-order valence-corrected chi connectivity index (χ1v) is 26.2. The summed E-state index contributed by atoms with van der Waals surface area (Å²) in [7, 11) is -0.959. The molecule has 12 heteroatoms. The highest BCUT2D eigenvalue weighted by Crippen LogP contribution is 2.61. The normalized spacial score (nSPS) is 24.8. The quantitative estimate of drug-likeness (QED) is 0.149. The average molecular weight is 890 g/mol. The second kappa shape index (κ2) is 16.9. The second-order valence-electron chi connectivity index (χ2n) is 19.2. The summed E-state index contributed by atoms with van der Waals surface area (Å²) >= 11 is 0. The fourth-order valence-electron chi connectivity index (χ4n) is 12.1. The van der Waals surface area contributed by atoms with Gasteiger partial charge in [0.15, 0.2) is 5.60 Å². The van der Waals surface area contributed by atoms with Gasteiger partial charge in [0.1, 0.15) is 11.3 Å². The highest BCUT2D eigenvalue weighted by molar-refractivity contribution is 6.91. The molecular weight excluding hydrogens is 831 g/mol. The fraction of sp³-hybridized carbons (Fsp3) is 0.377. The number of fused-ring (bicyclic) bond motifs is 3. The molecule has 5 atom stereocenters. The molecule has 10 rings (SSSR count). The zero-order valence-electron chi connectivity index (χ0n) is 37.8. The number of carbonyl (C=O) groups is 3. The smallest absolute Gasteiger partial charge is 0.264 e. The van der Waals surface area contributed by atoms with E-state index >= 15 is 9.59 Å². The largest absolute Gasteiger partial charge is 0.497 e. The molecule has 0 aromatic heterocycles. The molecule has 3 amide bonds. The molecule has 336 valence electrons. The van der Waals surface area contributed by atoms with E-state index in [-0.39, 0.29) is 48.3 Å². The van der Waals surface area contributed by atoms with Gasteiger partial charge in [0, 0.05) is 29.4 Å². The number of nitrogens with zero attached hydrogens (tertiary/aromatic N) is 4. The van der Waals surface area contributed by atoms with Gasteiger partial charge in [-0.05, 0) is 97.0 Å². The van der Waals surface area contributed by atoms with Gasteiger partial charge in [-0.3, -0.25) is 19.3 Å². The third-order valence-electron chi connectivity index (χ3n) is 15.5. The Kier molecular flexibility index (Phi) is 11.2. The Bertz CT molecular complexity index is 2590. The summed E-state index contributed by atoms with van der Waals surface area (Å²) in [5, 5.41) is 15.3. The number of nitrogens with one attached hydrogen (secondary N) is 1. The van der Waals surface area contributed by atoms with Crippen molar-refractivity contribution in [2.24, 2.45) is 5.92 Å². The van der Waals surface area contributed by atoms with E-state index in [4.69, 9.17) is 9.47 Å². The van der Waals surface area contributed by atoms with Crippen molar-refractivity contribution in [1.29, 1.82) is 0 Å². The Morgan fingerprint density at radius 1 is 0.846 bits per heavy atom. The van der Waals surface area contributed by atoms with Crippen LogP contribution in [-0.2, 0) is 44.2 Å². The van der Waals surface area contributed by atoms with Crippen LogP contribution in [0.4, 0.5) is 17.1 Å². The number of rotatable bonds is 10. The van der Waals surface area contributed by atoms with Crippen LogP contribution in [0.2, 0.25) is 18.6 Å². The molecule has 5 heterocycles. The SMILES string of the molecule is COc1ccc([Si](C)(C)[C@H]2[C@H](CC(=O)N3Cc4ccccc4C[C@H]3CO)O[C@@]3(C(=O)N(Cc4ccccc4)c4ccc(N5CN(c6ccccc6)C6(CCNCC6)C5=O)cc43)[C@@H]2C)cc1. The monoisotopic (exact) mass is 889 g/mol. The van der Waals surface area contributed by atoms with Crippen molar-refractivity contribution in [3.8, 4) is 5.75 Å². The highest BCUT2D eigenvalue weighted by atomic mass is 28.3. The number of piperidine rings is 1. The van der Waals surface area contributed by atoms with Gasteiger partial charge in [-0.1, -0.05) is 110 Å². The zero-order valence-corrected chi connectivity index (χ0v) is 38.8. The molecule has 5 aliphatic heterocycles. The van der Waals surface area contributed by atoms with Crippen molar-refractivity contribution in [1.82, 2.24) is 10.2 Å². The minimum absolute atomic E-state index is 0.0518. The fourth-order valence-corrected chi connectivity index (χ4v) is 16.1. The molecule has 3 fully saturated rings. The number of ether oxygens (including phenoxy) is 2. The Hall–Kier alpha value is -5.79. The Labute approximate surface area is 383 Å². The van der Waals surface area contributed by atoms with Crippen LogP contribution in [0.5, 0.6) is 5.75 Å². The molecule has 5 aromatic carbocycles. The number of methoxy groups -OCH3 is 1.